The first-order chi connectivity index (χ1) is 7.70. The van der Waals surface area contributed by atoms with E-state index in [9.17, 15) is 4.79 Å². The van der Waals surface area contributed by atoms with Gasteiger partial charge in [-0.3, -0.25) is 4.79 Å². The Morgan fingerprint density at radius 3 is 2.44 bits per heavy atom. The van der Waals surface area contributed by atoms with Gasteiger partial charge >= 0.3 is 0 Å². The van der Waals surface area contributed by atoms with E-state index in [2.05, 4.69) is 9.97 Å². The number of aromatic amines is 1. The molecule has 0 amide bonds. The Morgan fingerprint density at radius 2 is 1.94 bits per heavy atom. The van der Waals surface area contributed by atoms with Gasteiger partial charge in [0.05, 0.1) is 11.9 Å². The van der Waals surface area contributed by atoms with Crippen molar-refractivity contribution < 1.29 is 4.79 Å². The average molecular weight is 215 g/mol. The number of aldehydes is 1. The van der Waals surface area contributed by atoms with Crippen LogP contribution in [0.5, 0.6) is 0 Å². The molecule has 2 aromatic rings. The highest BCUT2D eigenvalue weighted by molar-refractivity contribution is 5.73. The summed E-state index contributed by atoms with van der Waals surface area (Å²) in [6.45, 7) is 0. The van der Waals surface area contributed by atoms with Gasteiger partial charge < -0.3 is 9.88 Å². The van der Waals surface area contributed by atoms with Crippen molar-refractivity contribution in [2.75, 3.05) is 19.0 Å². The zero-order valence-corrected chi connectivity index (χ0v) is 9.27. The number of nitrogens with one attached hydrogen (secondary N) is 1. The topological polar surface area (TPSA) is 49.0 Å². The third-order valence-corrected chi connectivity index (χ3v) is 2.38. The van der Waals surface area contributed by atoms with Crippen molar-refractivity contribution in [1.29, 1.82) is 0 Å². The van der Waals surface area contributed by atoms with Crippen LogP contribution in [0.3, 0.4) is 0 Å². The number of hydrogen-bond donors (Lipinski definition) is 1. The third kappa shape index (κ3) is 1.95. The number of aromatic nitrogens is 2. The molecule has 0 bridgehead atoms. The number of nitrogens with zero attached hydrogens (tertiary/aromatic N) is 2. The molecule has 0 aliphatic rings. The molecule has 1 aromatic heterocycles. The number of anilines is 1. The van der Waals surface area contributed by atoms with E-state index in [4.69, 9.17) is 0 Å². The summed E-state index contributed by atoms with van der Waals surface area (Å²) in [6, 6.07) is 7.97. The van der Waals surface area contributed by atoms with Gasteiger partial charge in [-0.05, 0) is 24.3 Å². The van der Waals surface area contributed by atoms with Gasteiger partial charge in [-0.2, -0.15) is 0 Å². The molecule has 1 N–H and O–H groups in total. The van der Waals surface area contributed by atoms with Crippen molar-refractivity contribution >= 4 is 12.0 Å². The molecule has 4 heteroatoms. The molecule has 1 aromatic carbocycles. The SMILES string of the molecule is CN(C)c1ccc(-c2ncc(C=O)[nH]2)cc1. The second-order valence-electron chi connectivity index (χ2n) is 3.75. The van der Waals surface area contributed by atoms with Crippen LogP contribution in [0.15, 0.2) is 30.5 Å². The van der Waals surface area contributed by atoms with E-state index in [0.717, 1.165) is 17.5 Å². The van der Waals surface area contributed by atoms with Crippen LogP contribution in [0.2, 0.25) is 0 Å². The molecule has 0 saturated heterocycles. The van der Waals surface area contributed by atoms with Gasteiger partial charge in [0.15, 0.2) is 6.29 Å². The summed E-state index contributed by atoms with van der Waals surface area (Å²) in [5, 5.41) is 0. The Labute approximate surface area is 93.9 Å². The van der Waals surface area contributed by atoms with Gasteiger partial charge in [0.1, 0.15) is 5.82 Å². The minimum absolute atomic E-state index is 0.492. The molecule has 0 fully saturated rings. The van der Waals surface area contributed by atoms with E-state index in [-0.39, 0.29) is 0 Å². The molecule has 16 heavy (non-hydrogen) atoms. The molecule has 4 nitrogen and oxygen atoms in total. The summed E-state index contributed by atoms with van der Waals surface area (Å²) in [6.07, 6.45) is 2.28. The fourth-order valence-electron chi connectivity index (χ4n) is 1.46. The van der Waals surface area contributed by atoms with Crippen LogP contribution in [0.4, 0.5) is 5.69 Å². The summed E-state index contributed by atoms with van der Waals surface area (Å²) in [7, 11) is 3.98. The third-order valence-electron chi connectivity index (χ3n) is 2.38. The average Bonchev–Trinajstić information content (AvgIpc) is 2.77. The Bertz CT molecular complexity index is 485. The van der Waals surface area contributed by atoms with Crippen molar-refractivity contribution in [2.45, 2.75) is 0 Å². The molecule has 0 saturated carbocycles. The van der Waals surface area contributed by atoms with Crippen molar-refractivity contribution in [3.05, 3.63) is 36.2 Å². The molecule has 2 rings (SSSR count). The number of carbonyl (C=O) groups excluding carboxylic acids is 1. The lowest BCUT2D eigenvalue weighted by molar-refractivity contribution is 0.111. The Kier molecular flexibility index (Phi) is 2.72. The predicted octanol–water partition coefficient (Wildman–Crippen LogP) is 1.96. The van der Waals surface area contributed by atoms with Crippen LogP contribution >= 0.6 is 0 Å². The number of benzene rings is 1. The van der Waals surface area contributed by atoms with Crippen molar-refractivity contribution in [3.63, 3.8) is 0 Å². The maximum atomic E-state index is 10.5. The number of H-pyrrole nitrogens is 1. The summed E-state index contributed by atoms with van der Waals surface area (Å²) in [5.74, 6) is 0.715. The van der Waals surface area contributed by atoms with E-state index < -0.39 is 0 Å². The quantitative estimate of drug-likeness (QED) is 0.796. The second kappa shape index (κ2) is 4.18. The number of imidazole rings is 1. The largest absolute Gasteiger partial charge is 0.378 e. The van der Waals surface area contributed by atoms with Crippen LogP contribution in [-0.2, 0) is 0 Å². The monoisotopic (exact) mass is 215 g/mol. The first kappa shape index (κ1) is 10.4. The summed E-state index contributed by atoms with van der Waals surface area (Å²) in [5.41, 5.74) is 2.59. The van der Waals surface area contributed by atoms with E-state index in [1.165, 1.54) is 6.20 Å². The molecule has 82 valence electrons. The summed E-state index contributed by atoms with van der Waals surface area (Å²) >= 11 is 0. The minimum Gasteiger partial charge on any atom is -0.378 e. The van der Waals surface area contributed by atoms with E-state index >= 15 is 0 Å². The first-order valence-corrected chi connectivity index (χ1v) is 4.98. The Hall–Kier alpha value is -2.10. The van der Waals surface area contributed by atoms with E-state index in [0.29, 0.717) is 11.5 Å². The molecule has 0 aliphatic carbocycles. The van der Waals surface area contributed by atoms with Gasteiger partial charge in [-0.25, -0.2) is 4.98 Å². The van der Waals surface area contributed by atoms with Crippen molar-refractivity contribution in [1.82, 2.24) is 9.97 Å². The highest BCUT2D eigenvalue weighted by atomic mass is 16.1. The van der Waals surface area contributed by atoms with Gasteiger partial charge in [0, 0.05) is 25.3 Å². The highest BCUT2D eigenvalue weighted by Gasteiger charge is 2.03. The number of rotatable bonds is 3. The molecule has 0 radical (unpaired) electrons. The Balaban J connectivity index is 2.30. The smallest absolute Gasteiger partial charge is 0.167 e. The second-order valence-corrected chi connectivity index (χ2v) is 3.75. The number of hydrogen-bond acceptors (Lipinski definition) is 3. The molecular formula is C12H13N3O. The van der Waals surface area contributed by atoms with Crippen LogP contribution in [-0.4, -0.2) is 30.3 Å². The standard InChI is InChI=1S/C12H13N3O/c1-15(2)11-5-3-9(4-6-11)12-13-7-10(8-16)14-12/h3-8H,1-2H3,(H,13,14). The molecule has 0 spiro atoms. The van der Waals surface area contributed by atoms with E-state index in [1.807, 2.05) is 43.3 Å². The van der Waals surface area contributed by atoms with Crippen LogP contribution in [0.1, 0.15) is 10.5 Å². The minimum atomic E-state index is 0.492. The van der Waals surface area contributed by atoms with Gasteiger partial charge in [-0.1, -0.05) is 0 Å². The van der Waals surface area contributed by atoms with Crippen molar-refractivity contribution in [2.24, 2.45) is 0 Å². The summed E-state index contributed by atoms with van der Waals surface area (Å²) < 4.78 is 0. The maximum Gasteiger partial charge on any atom is 0.167 e. The Morgan fingerprint density at radius 1 is 1.25 bits per heavy atom. The van der Waals surface area contributed by atoms with Crippen LogP contribution < -0.4 is 4.90 Å². The zero-order valence-electron chi connectivity index (χ0n) is 9.27. The number of carbonyl (C=O) groups is 1. The molecule has 0 unspecified atom stereocenters. The van der Waals surface area contributed by atoms with Crippen LogP contribution in [0, 0.1) is 0 Å². The molecule has 1 heterocycles. The fraction of sp³-hybridized carbons (Fsp3) is 0.167. The fourth-order valence-corrected chi connectivity index (χ4v) is 1.46. The van der Waals surface area contributed by atoms with Gasteiger partial charge in [0.2, 0.25) is 0 Å². The van der Waals surface area contributed by atoms with Crippen LogP contribution in [0.25, 0.3) is 11.4 Å². The van der Waals surface area contributed by atoms with Gasteiger partial charge in [-0.15, -0.1) is 0 Å². The predicted molar refractivity (Wildman–Crippen MR) is 63.7 cm³/mol. The lowest BCUT2D eigenvalue weighted by atomic mass is 10.2. The normalized spacial score (nSPS) is 10.1. The highest BCUT2D eigenvalue weighted by Crippen LogP contribution is 2.19. The molecular weight excluding hydrogens is 202 g/mol. The first-order valence-electron chi connectivity index (χ1n) is 4.98. The lowest BCUT2D eigenvalue weighted by Crippen LogP contribution is -2.07. The molecule has 0 atom stereocenters. The molecule has 0 aliphatic heterocycles. The summed E-state index contributed by atoms with van der Waals surface area (Å²) in [4.78, 5) is 19.6. The van der Waals surface area contributed by atoms with E-state index in [1.54, 1.807) is 0 Å². The van der Waals surface area contributed by atoms with Gasteiger partial charge in [0.25, 0.3) is 0 Å². The zero-order chi connectivity index (χ0) is 11.5. The van der Waals surface area contributed by atoms with Crippen molar-refractivity contribution in [3.8, 4) is 11.4 Å². The maximum absolute atomic E-state index is 10.5. The lowest BCUT2D eigenvalue weighted by Gasteiger charge is -2.11.